The van der Waals surface area contributed by atoms with E-state index >= 15 is 0 Å². The maximum absolute atomic E-state index is 6.31. The molecule has 4 heteroatoms. The third-order valence-electron chi connectivity index (χ3n) is 13.0. The van der Waals surface area contributed by atoms with Crippen LogP contribution in [0.25, 0.3) is 101 Å². The molecule has 288 valence electrons. The third-order valence-corrected chi connectivity index (χ3v) is 13.0. The van der Waals surface area contributed by atoms with Gasteiger partial charge in [0.15, 0.2) is 17.5 Å². The number of rotatable bonds is 5. The van der Waals surface area contributed by atoms with E-state index < -0.39 is 5.41 Å². The Balaban J connectivity index is 0.956. The topological polar surface area (TPSA) is 51.8 Å². The van der Waals surface area contributed by atoms with Crippen LogP contribution < -0.4 is 0 Å². The van der Waals surface area contributed by atoms with Crippen molar-refractivity contribution in [3.8, 4) is 78.7 Å². The van der Waals surface area contributed by atoms with Crippen molar-refractivity contribution in [3.05, 3.63) is 235 Å². The lowest BCUT2D eigenvalue weighted by Gasteiger charge is -2.32. The number of aromatic nitrogens is 3. The summed E-state index contributed by atoms with van der Waals surface area (Å²) in [5, 5.41) is 2.20. The lowest BCUT2D eigenvalue weighted by Crippen LogP contribution is -2.26. The first-order valence-electron chi connectivity index (χ1n) is 21.1. The highest BCUT2D eigenvalue weighted by molar-refractivity contribution is 6.06. The molecule has 2 aromatic heterocycles. The Labute approximate surface area is 358 Å². The summed E-state index contributed by atoms with van der Waals surface area (Å²) in [6.07, 6.45) is 0. The summed E-state index contributed by atoms with van der Waals surface area (Å²) in [7, 11) is 0. The molecule has 2 heterocycles. The summed E-state index contributed by atoms with van der Waals surface area (Å²) in [6, 6.07) is 75.6. The molecule has 0 N–H and O–H groups in total. The maximum atomic E-state index is 6.31. The second kappa shape index (κ2) is 13.4. The van der Waals surface area contributed by atoms with Gasteiger partial charge in [0.25, 0.3) is 0 Å². The molecular formula is C58H35N3O. The number of hydrogen-bond donors (Lipinski definition) is 0. The summed E-state index contributed by atoms with van der Waals surface area (Å²) < 4.78 is 6.31. The molecule has 0 radical (unpaired) electrons. The zero-order valence-electron chi connectivity index (χ0n) is 33.5. The minimum atomic E-state index is -0.440. The van der Waals surface area contributed by atoms with Crippen LogP contribution in [0.1, 0.15) is 22.3 Å². The molecular weight excluding hydrogens is 755 g/mol. The lowest BCUT2D eigenvalue weighted by molar-refractivity contribution is 0.669. The number of nitrogens with zero attached hydrogens (tertiary/aromatic N) is 3. The van der Waals surface area contributed by atoms with Gasteiger partial charge in [0, 0.05) is 27.5 Å². The first-order chi connectivity index (χ1) is 30.7. The molecule has 4 nitrogen and oxygen atoms in total. The molecule has 2 aliphatic carbocycles. The van der Waals surface area contributed by atoms with Gasteiger partial charge in [-0.25, -0.2) is 15.0 Å². The summed E-state index contributed by atoms with van der Waals surface area (Å²) in [5.41, 5.74) is 19.0. The number of benzene rings is 9. The zero-order chi connectivity index (χ0) is 40.8. The monoisotopic (exact) mass is 789 g/mol. The molecule has 0 fully saturated rings. The molecule has 0 unspecified atom stereocenters. The number of furan rings is 1. The molecule has 9 aromatic carbocycles. The van der Waals surface area contributed by atoms with Crippen molar-refractivity contribution >= 4 is 21.9 Å². The average Bonchev–Trinajstić information content (AvgIpc) is 3.98. The van der Waals surface area contributed by atoms with Gasteiger partial charge in [-0.3, -0.25) is 0 Å². The van der Waals surface area contributed by atoms with Gasteiger partial charge in [-0.2, -0.15) is 0 Å². The first-order valence-corrected chi connectivity index (χ1v) is 21.1. The zero-order valence-corrected chi connectivity index (χ0v) is 33.5. The fraction of sp³-hybridized carbons (Fsp3) is 0.0172. The van der Waals surface area contributed by atoms with Gasteiger partial charge in [0.2, 0.25) is 0 Å². The Morgan fingerprint density at radius 1 is 0.290 bits per heavy atom. The summed E-state index contributed by atoms with van der Waals surface area (Å²) in [6.45, 7) is 0. The minimum absolute atomic E-state index is 0.440. The van der Waals surface area contributed by atoms with Crippen LogP contribution in [0.15, 0.2) is 217 Å². The van der Waals surface area contributed by atoms with Crippen molar-refractivity contribution in [2.24, 2.45) is 0 Å². The summed E-state index contributed by atoms with van der Waals surface area (Å²) in [5.74, 6) is 1.84. The van der Waals surface area contributed by atoms with Gasteiger partial charge >= 0.3 is 0 Å². The highest BCUT2D eigenvalue weighted by Crippen LogP contribution is 2.64. The van der Waals surface area contributed by atoms with Crippen molar-refractivity contribution in [3.63, 3.8) is 0 Å². The second-order valence-electron chi connectivity index (χ2n) is 16.2. The molecule has 2 aliphatic rings. The molecule has 0 aliphatic heterocycles. The molecule has 0 amide bonds. The average molecular weight is 790 g/mol. The largest absolute Gasteiger partial charge is 0.456 e. The highest BCUT2D eigenvalue weighted by atomic mass is 16.3. The van der Waals surface area contributed by atoms with E-state index in [0.29, 0.717) is 17.5 Å². The number of fused-ring (bicyclic) bond motifs is 13. The van der Waals surface area contributed by atoms with Gasteiger partial charge in [-0.05, 0) is 85.0 Å². The second-order valence-corrected chi connectivity index (χ2v) is 16.2. The van der Waals surface area contributed by atoms with Gasteiger partial charge < -0.3 is 4.42 Å². The van der Waals surface area contributed by atoms with E-state index in [4.69, 9.17) is 19.4 Å². The van der Waals surface area contributed by atoms with Crippen LogP contribution >= 0.6 is 0 Å². The van der Waals surface area contributed by atoms with E-state index in [0.717, 1.165) is 55.3 Å². The standard InChI is InChI=1S/C58H35N3O/c1-2-15-37(16-3-1)55-59-56(61-57(60-55)48-22-5-4-17-40(48)39-33-34-46-45-21-9-13-28-52(45)62-53(46)35-39)38-31-29-36(30-32-38)41-23-14-24-47-44-20-8-12-27-51(44)58(54(41)47)49-25-10-6-18-42(49)43-19-7-11-26-50(43)58/h1-35H. The number of hydrogen-bond acceptors (Lipinski definition) is 4. The summed E-state index contributed by atoms with van der Waals surface area (Å²) >= 11 is 0. The fourth-order valence-corrected chi connectivity index (χ4v) is 10.4. The Bertz CT molecular complexity index is 3520. The Kier molecular flexibility index (Phi) is 7.49. The van der Waals surface area contributed by atoms with Crippen LogP contribution in [-0.4, -0.2) is 15.0 Å². The van der Waals surface area contributed by atoms with Gasteiger partial charge in [0.1, 0.15) is 11.2 Å². The van der Waals surface area contributed by atoms with Gasteiger partial charge in [-0.15, -0.1) is 0 Å². The van der Waals surface area contributed by atoms with Gasteiger partial charge in [-0.1, -0.05) is 194 Å². The van der Waals surface area contributed by atoms with Crippen LogP contribution in [0.3, 0.4) is 0 Å². The SMILES string of the molecule is c1ccc(-c2nc(-c3ccc(-c4cccc5c4C4(c6ccccc6-c6ccccc64)c4ccccc4-5)cc3)nc(-c3ccccc3-c3ccc4c(c3)oc3ccccc34)n2)cc1. The summed E-state index contributed by atoms with van der Waals surface area (Å²) in [4.78, 5) is 15.5. The Morgan fingerprint density at radius 2 is 0.758 bits per heavy atom. The third kappa shape index (κ3) is 4.98. The molecule has 62 heavy (non-hydrogen) atoms. The van der Waals surface area contributed by atoms with E-state index in [-0.39, 0.29) is 0 Å². The maximum Gasteiger partial charge on any atom is 0.164 e. The van der Waals surface area contributed by atoms with Crippen molar-refractivity contribution in [2.75, 3.05) is 0 Å². The van der Waals surface area contributed by atoms with E-state index in [2.05, 4.69) is 170 Å². The van der Waals surface area contributed by atoms with E-state index in [1.807, 2.05) is 42.5 Å². The van der Waals surface area contributed by atoms with Gasteiger partial charge in [0.05, 0.1) is 5.41 Å². The predicted octanol–water partition coefficient (Wildman–Crippen LogP) is 14.4. The molecule has 0 saturated carbocycles. The van der Waals surface area contributed by atoms with E-state index in [1.54, 1.807) is 0 Å². The quantitative estimate of drug-likeness (QED) is 0.174. The van der Waals surface area contributed by atoms with E-state index in [9.17, 15) is 0 Å². The molecule has 0 bridgehead atoms. The molecule has 0 atom stereocenters. The highest BCUT2D eigenvalue weighted by Gasteiger charge is 2.52. The van der Waals surface area contributed by atoms with Crippen LogP contribution in [-0.2, 0) is 5.41 Å². The smallest absolute Gasteiger partial charge is 0.164 e. The first kappa shape index (κ1) is 34.6. The van der Waals surface area contributed by atoms with Crippen LogP contribution in [0.5, 0.6) is 0 Å². The van der Waals surface area contributed by atoms with Crippen LogP contribution in [0, 0.1) is 0 Å². The normalized spacial score (nSPS) is 13.0. The van der Waals surface area contributed by atoms with Crippen LogP contribution in [0.4, 0.5) is 0 Å². The molecule has 13 rings (SSSR count). The Hall–Kier alpha value is -8.21. The van der Waals surface area contributed by atoms with Crippen molar-refractivity contribution < 1.29 is 4.42 Å². The lowest BCUT2D eigenvalue weighted by atomic mass is 9.68. The van der Waals surface area contributed by atoms with Crippen molar-refractivity contribution in [1.82, 2.24) is 15.0 Å². The van der Waals surface area contributed by atoms with E-state index in [1.165, 1.54) is 50.1 Å². The molecule has 11 aromatic rings. The molecule has 0 saturated heterocycles. The molecule has 1 spiro atoms. The predicted molar refractivity (Wildman–Crippen MR) is 251 cm³/mol. The number of para-hydroxylation sites is 1. The van der Waals surface area contributed by atoms with Crippen LogP contribution in [0.2, 0.25) is 0 Å². The fourth-order valence-electron chi connectivity index (χ4n) is 10.4. The Morgan fingerprint density at radius 3 is 1.45 bits per heavy atom. The minimum Gasteiger partial charge on any atom is -0.456 e. The van der Waals surface area contributed by atoms with Crippen molar-refractivity contribution in [2.45, 2.75) is 5.41 Å². The van der Waals surface area contributed by atoms with Crippen molar-refractivity contribution in [1.29, 1.82) is 0 Å².